The number of hydrogen-bond acceptors (Lipinski definition) is 20. The molecule has 24 nitrogen and oxygen atoms in total. The number of aliphatic hydroxyl groups excluding tert-OH is 6. The molecule has 60 heavy (non-hydrogen) atoms. The first-order chi connectivity index (χ1) is 28.9. The van der Waals surface area contributed by atoms with Crippen LogP contribution in [0.3, 0.4) is 0 Å². The molecule has 2 aliphatic heterocycles. The second kappa shape index (κ2) is 32.0. The van der Waals surface area contributed by atoms with Crippen molar-refractivity contribution in [1.29, 1.82) is 0 Å². The van der Waals surface area contributed by atoms with E-state index in [4.69, 9.17) is 47.4 Å². The van der Waals surface area contributed by atoms with E-state index in [-0.39, 0.29) is 117 Å². The van der Waals surface area contributed by atoms with Gasteiger partial charge >= 0.3 is 0 Å². The van der Waals surface area contributed by atoms with Crippen LogP contribution in [0.15, 0.2) is 0 Å². The van der Waals surface area contributed by atoms with Crippen molar-refractivity contribution < 1.29 is 97.2 Å². The first kappa shape index (κ1) is 53.4. The van der Waals surface area contributed by atoms with Gasteiger partial charge in [-0.05, 0) is 0 Å². The second-order valence-electron chi connectivity index (χ2n) is 13.5. The van der Waals surface area contributed by atoms with Crippen LogP contribution in [0, 0.1) is 0 Å². The zero-order valence-electron chi connectivity index (χ0n) is 34.3. The number of carbonyl (C=O) groups is 4. The van der Waals surface area contributed by atoms with Crippen molar-refractivity contribution in [2.24, 2.45) is 0 Å². The van der Waals surface area contributed by atoms with E-state index in [0.29, 0.717) is 13.1 Å². The Balaban J connectivity index is 1.33. The van der Waals surface area contributed by atoms with Crippen molar-refractivity contribution >= 4 is 23.6 Å². The molecular weight excluding hydrogens is 808 g/mol. The molecule has 0 radical (unpaired) electrons. The van der Waals surface area contributed by atoms with Crippen molar-refractivity contribution in [2.75, 3.05) is 119 Å². The fraction of sp³-hybridized carbons (Fsp3) is 0.889. The Hall–Kier alpha value is -2.76. The highest BCUT2D eigenvalue weighted by atomic mass is 16.7. The summed E-state index contributed by atoms with van der Waals surface area (Å²) in [4.78, 5) is 46.9. The minimum Gasteiger partial charge on any atom is -0.394 e. The van der Waals surface area contributed by atoms with Gasteiger partial charge in [0.05, 0.1) is 106 Å². The van der Waals surface area contributed by atoms with Gasteiger partial charge in [-0.1, -0.05) is 0 Å². The summed E-state index contributed by atoms with van der Waals surface area (Å²) in [5.74, 6) is -1.32. The number of amides is 4. The van der Waals surface area contributed by atoms with Gasteiger partial charge in [0.2, 0.25) is 23.6 Å². The molecule has 0 aromatic rings. The molecule has 0 aromatic carbocycles. The minimum absolute atomic E-state index is 0.0439. The second-order valence-corrected chi connectivity index (χ2v) is 13.5. The molecular formula is C36H66N4O20. The van der Waals surface area contributed by atoms with Crippen LogP contribution in [0.1, 0.15) is 26.7 Å². The Kier molecular flexibility index (Phi) is 28.5. The average Bonchev–Trinajstić information content (AvgIpc) is 3.21. The number of hydrogen-bond donors (Lipinski definition) is 10. The molecule has 2 saturated heterocycles. The molecule has 0 aliphatic carbocycles. The topological polar surface area (TPSA) is 330 Å². The maximum Gasteiger partial charge on any atom is 0.222 e. The van der Waals surface area contributed by atoms with Crippen LogP contribution in [0.5, 0.6) is 0 Å². The predicted molar refractivity (Wildman–Crippen MR) is 203 cm³/mol. The molecule has 10 atom stereocenters. The minimum atomic E-state index is -1.40. The van der Waals surface area contributed by atoms with Crippen LogP contribution >= 0.6 is 0 Å². The smallest absolute Gasteiger partial charge is 0.222 e. The molecule has 0 aromatic heterocycles. The molecule has 2 rings (SSSR count). The van der Waals surface area contributed by atoms with Crippen LogP contribution in [0.25, 0.3) is 0 Å². The summed E-state index contributed by atoms with van der Waals surface area (Å²) in [6.07, 6.45) is -9.63. The SMILES string of the molecule is CC(=O)NC1[C@H](OCCOCCOCCNC(=O)CCOCCOCCC(=O)NCCOCCOCCO[C@@H]2OC(CO)[C@H](O)[C@@H](O)C2NC(C)=O)OC(CO)[C@H](O)[C@H]1O. The Morgan fingerprint density at radius 1 is 0.467 bits per heavy atom. The van der Waals surface area contributed by atoms with E-state index in [9.17, 15) is 49.8 Å². The lowest BCUT2D eigenvalue weighted by Gasteiger charge is -2.42. The van der Waals surface area contributed by atoms with Crippen molar-refractivity contribution in [1.82, 2.24) is 21.3 Å². The van der Waals surface area contributed by atoms with Gasteiger partial charge in [0, 0.05) is 39.8 Å². The molecule has 0 saturated carbocycles. The van der Waals surface area contributed by atoms with E-state index in [1.807, 2.05) is 0 Å². The Labute approximate surface area is 348 Å². The summed E-state index contributed by atoms with van der Waals surface area (Å²) in [5.41, 5.74) is 0. The fourth-order valence-electron chi connectivity index (χ4n) is 5.67. The van der Waals surface area contributed by atoms with Crippen molar-refractivity contribution in [2.45, 2.75) is 88.0 Å². The Bertz CT molecular complexity index is 1110. The van der Waals surface area contributed by atoms with Crippen molar-refractivity contribution in [3.05, 3.63) is 0 Å². The number of carbonyl (C=O) groups excluding carboxylic acids is 4. The normalized spacial score (nSPS) is 26.7. The van der Waals surface area contributed by atoms with Gasteiger partial charge in [0.15, 0.2) is 12.6 Å². The van der Waals surface area contributed by atoms with E-state index in [2.05, 4.69) is 21.3 Å². The third-order valence-corrected chi connectivity index (χ3v) is 8.72. The molecule has 24 heteroatoms. The van der Waals surface area contributed by atoms with E-state index >= 15 is 0 Å². The summed E-state index contributed by atoms with van der Waals surface area (Å²) in [6, 6.07) is -2.06. The van der Waals surface area contributed by atoms with Gasteiger partial charge < -0.3 is 99.3 Å². The summed E-state index contributed by atoms with van der Waals surface area (Å²) in [6.45, 7) is 4.82. The van der Waals surface area contributed by atoms with Crippen molar-refractivity contribution in [3.63, 3.8) is 0 Å². The molecule has 0 bridgehead atoms. The van der Waals surface area contributed by atoms with Crippen molar-refractivity contribution in [3.8, 4) is 0 Å². The maximum absolute atomic E-state index is 12.0. The molecule has 350 valence electrons. The Morgan fingerprint density at radius 3 is 1.12 bits per heavy atom. The summed E-state index contributed by atoms with van der Waals surface area (Å²) >= 11 is 0. The first-order valence-corrected chi connectivity index (χ1v) is 19.9. The third-order valence-electron chi connectivity index (χ3n) is 8.72. The van der Waals surface area contributed by atoms with Gasteiger partial charge in [-0.15, -0.1) is 0 Å². The predicted octanol–water partition coefficient (Wildman–Crippen LogP) is -5.98. The molecule has 2 aliphatic rings. The highest BCUT2D eigenvalue weighted by Crippen LogP contribution is 2.23. The molecule has 4 amide bonds. The summed E-state index contributed by atoms with van der Waals surface area (Å²) in [7, 11) is 0. The van der Waals surface area contributed by atoms with Crippen LogP contribution in [0.4, 0.5) is 0 Å². The van der Waals surface area contributed by atoms with Gasteiger partial charge in [-0.2, -0.15) is 0 Å². The van der Waals surface area contributed by atoms with Crippen LogP contribution in [-0.2, 0) is 66.5 Å². The number of rotatable bonds is 33. The van der Waals surface area contributed by atoms with E-state index in [1.165, 1.54) is 13.8 Å². The molecule has 0 spiro atoms. The maximum atomic E-state index is 12.0. The summed E-state index contributed by atoms with van der Waals surface area (Å²) < 4.78 is 54.5. The van der Waals surface area contributed by atoms with E-state index in [0.717, 1.165) is 0 Å². The number of nitrogens with one attached hydrogen (secondary N) is 4. The molecule has 10 N–H and O–H groups in total. The number of aliphatic hydroxyl groups is 6. The monoisotopic (exact) mass is 874 g/mol. The zero-order chi connectivity index (χ0) is 44.1. The lowest BCUT2D eigenvalue weighted by molar-refractivity contribution is -0.272. The van der Waals surface area contributed by atoms with Gasteiger partial charge in [0.1, 0.15) is 48.7 Å². The van der Waals surface area contributed by atoms with Crippen LogP contribution in [0.2, 0.25) is 0 Å². The van der Waals surface area contributed by atoms with Gasteiger partial charge in [-0.25, -0.2) is 0 Å². The van der Waals surface area contributed by atoms with Crippen LogP contribution in [-0.4, -0.2) is 234 Å². The lowest BCUT2D eigenvalue weighted by Crippen LogP contribution is -2.64. The Morgan fingerprint density at radius 2 is 0.783 bits per heavy atom. The quantitative estimate of drug-likeness (QED) is 0.0274. The highest BCUT2D eigenvalue weighted by molar-refractivity contribution is 5.76. The molecule has 2 heterocycles. The molecule has 4 unspecified atom stereocenters. The molecule has 2 fully saturated rings. The largest absolute Gasteiger partial charge is 0.394 e. The standard InChI is InChI=1S/C36H66N4O20/c1-23(43)39-29-33(49)31(47)25(21-41)59-35(29)57-19-17-55-15-13-53-9-5-37-27(45)3-7-51-11-12-52-8-4-28(46)38-6-10-54-14-16-56-18-20-58-36-30(40-24(2)44)34(50)32(48)26(22-42)60-36/h25-26,29-36,41-42,47-50H,3-22H2,1-2H3,(H,37,45)(H,38,46)(H,39,43)(H,40,44)/t25?,26?,29?,30?,31-,32-,33-,34-,35+,36+/m0/s1. The highest BCUT2D eigenvalue weighted by Gasteiger charge is 2.46. The van der Waals surface area contributed by atoms with Gasteiger partial charge in [-0.3, -0.25) is 19.2 Å². The van der Waals surface area contributed by atoms with Crippen LogP contribution < -0.4 is 21.3 Å². The average molecular weight is 875 g/mol. The van der Waals surface area contributed by atoms with Gasteiger partial charge in [0.25, 0.3) is 0 Å². The number of ether oxygens (including phenoxy) is 10. The zero-order valence-corrected chi connectivity index (χ0v) is 34.3. The summed E-state index contributed by atoms with van der Waals surface area (Å²) in [5, 5.41) is 69.7. The first-order valence-electron chi connectivity index (χ1n) is 19.9. The lowest BCUT2D eigenvalue weighted by atomic mass is 9.97. The third kappa shape index (κ3) is 21.9. The van der Waals surface area contributed by atoms with E-state index < -0.39 is 86.3 Å². The fourth-order valence-corrected chi connectivity index (χ4v) is 5.67. The van der Waals surface area contributed by atoms with E-state index in [1.54, 1.807) is 0 Å².